The van der Waals surface area contributed by atoms with Crippen LogP contribution in [0.3, 0.4) is 0 Å². The fourth-order valence-electron chi connectivity index (χ4n) is 1.13. The van der Waals surface area contributed by atoms with E-state index >= 15 is 0 Å². The van der Waals surface area contributed by atoms with E-state index in [1.807, 2.05) is 18.4 Å². The molecular weight excluding hydrogens is 202 g/mol. The maximum Gasteiger partial charge on any atom is 0.191 e. The van der Waals surface area contributed by atoms with Gasteiger partial charge in [-0.1, -0.05) is 18.7 Å². The molecule has 1 rings (SSSR count). The summed E-state index contributed by atoms with van der Waals surface area (Å²) < 4.78 is 1.91. The number of rotatable bonds is 5. The molecule has 0 aliphatic heterocycles. The lowest BCUT2D eigenvalue weighted by Crippen LogP contribution is -2.24. The molecule has 0 saturated heterocycles. The Hall–Kier alpha value is -1.04. The first-order chi connectivity index (χ1) is 6.69. The summed E-state index contributed by atoms with van der Waals surface area (Å²) in [6.45, 7) is 4.72. The van der Waals surface area contributed by atoms with Gasteiger partial charge in [-0.05, 0) is 6.92 Å². The van der Waals surface area contributed by atoms with Gasteiger partial charge in [0, 0.05) is 18.7 Å². The fourth-order valence-corrected chi connectivity index (χ4v) is 1.86. The van der Waals surface area contributed by atoms with Gasteiger partial charge in [0.05, 0.1) is 5.97 Å². The molecule has 1 aromatic heterocycles. The van der Waals surface area contributed by atoms with E-state index in [0.717, 1.165) is 30.6 Å². The van der Waals surface area contributed by atoms with Crippen molar-refractivity contribution in [1.29, 1.82) is 0 Å². The third-order valence-corrected chi connectivity index (χ3v) is 2.69. The number of hydrogen-bond acceptors (Lipinski definition) is 5. The van der Waals surface area contributed by atoms with Crippen LogP contribution in [0.2, 0.25) is 0 Å². The highest BCUT2D eigenvalue weighted by atomic mass is 32.2. The minimum Gasteiger partial charge on any atom is -0.549 e. The fraction of sp³-hybridized carbons (Fsp3) is 0.625. The van der Waals surface area contributed by atoms with Gasteiger partial charge >= 0.3 is 0 Å². The van der Waals surface area contributed by atoms with Gasteiger partial charge in [0.15, 0.2) is 5.16 Å². The number of carboxylic acids is 1. The molecule has 5 nitrogen and oxygen atoms in total. The van der Waals surface area contributed by atoms with E-state index < -0.39 is 5.97 Å². The second kappa shape index (κ2) is 4.99. The minimum atomic E-state index is -1.08. The first kappa shape index (κ1) is 11.0. The molecule has 1 heterocycles. The Kier molecular flexibility index (Phi) is 3.94. The van der Waals surface area contributed by atoms with Crippen LogP contribution in [-0.4, -0.2) is 26.5 Å². The maximum absolute atomic E-state index is 10.3. The Balaban J connectivity index is 2.75. The number of hydrogen-bond donors (Lipinski definition) is 0. The average molecular weight is 214 g/mol. The molecule has 1 aromatic rings. The number of aromatic nitrogens is 3. The lowest BCUT2D eigenvalue weighted by molar-refractivity contribution is -0.301. The predicted molar refractivity (Wildman–Crippen MR) is 50.8 cm³/mol. The van der Waals surface area contributed by atoms with Crippen LogP contribution in [0.15, 0.2) is 5.16 Å². The molecule has 0 aromatic carbocycles. The van der Waals surface area contributed by atoms with Gasteiger partial charge in [-0.3, -0.25) is 0 Å². The van der Waals surface area contributed by atoms with Crippen molar-refractivity contribution in [2.75, 3.05) is 5.75 Å². The number of carboxylic acid groups (broad SMARTS) is 1. The maximum atomic E-state index is 10.3. The van der Waals surface area contributed by atoms with Crippen LogP contribution in [0.25, 0.3) is 0 Å². The summed E-state index contributed by atoms with van der Waals surface area (Å²) in [6.07, 6.45) is 0.798. The topological polar surface area (TPSA) is 70.8 Å². The van der Waals surface area contributed by atoms with Crippen LogP contribution < -0.4 is 5.11 Å². The van der Waals surface area contributed by atoms with Gasteiger partial charge in [-0.2, -0.15) is 0 Å². The highest BCUT2D eigenvalue weighted by Crippen LogP contribution is 2.16. The zero-order valence-corrected chi connectivity index (χ0v) is 9.00. The van der Waals surface area contributed by atoms with Gasteiger partial charge in [-0.15, -0.1) is 10.2 Å². The van der Waals surface area contributed by atoms with E-state index in [2.05, 4.69) is 10.2 Å². The Morgan fingerprint density at radius 3 is 2.71 bits per heavy atom. The number of aryl methyl sites for hydroxylation is 1. The average Bonchev–Trinajstić information content (AvgIpc) is 2.56. The standard InChI is InChI=1S/C8H13N3O2S/c1-3-6-9-10-8(11(6)4-2)14-5-7(12)13/h3-5H2,1-2H3,(H,12,13)/p-1. The third kappa shape index (κ3) is 2.47. The molecule has 0 N–H and O–H groups in total. The summed E-state index contributed by atoms with van der Waals surface area (Å²) in [5.41, 5.74) is 0. The molecule has 0 radical (unpaired) electrons. The molecule has 0 aliphatic rings. The molecule has 6 heteroatoms. The number of carbonyl (C=O) groups is 1. The molecule has 78 valence electrons. The SMILES string of the molecule is CCc1nnc(SCC(=O)[O-])n1CC. The molecule has 0 unspecified atom stereocenters. The van der Waals surface area contributed by atoms with Crippen LogP contribution in [0, 0.1) is 0 Å². The van der Waals surface area contributed by atoms with Gasteiger partial charge in [0.1, 0.15) is 5.82 Å². The first-order valence-electron chi connectivity index (χ1n) is 4.43. The van der Waals surface area contributed by atoms with E-state index in [4.69, 9.17) is 0 Å². The van der Waals surface area contributed by atoms with Crippen LogP contribution >= 0.6 is 11.8 Å². The van der Waals surface area contributed by atoms with E-state index in [0.29, 0.717) is 5.16 Å². The van der Waals surface area contributed by atoms with Gasteiger partial charge < -0.3 is 14.5 Å². The monoisotopic (exact) mass is 214 g/mol. The molecule has 0 amide bonds. The summed E-state index contributed by atoms with van der Waals surface area (Å²) in [6, 6.07) is 0. The quantitative estimate of drug-likeness (QED) is 0.629. The van der Waals surface area contributed by atoms with Crippen molar-refractivity contribution in [2.45, 2.75) is 32.0 Å². The largest absolute Gasteiger partial charge is 0.549 e. The Labute approximate surface area is 86.5 Å². The first-order valence-corrected chi connectivity index (χ1v) is 5.42. The minimum absolute atomic E-state index is 0.0815. The zero-order valence-electron chi connectivity index (χ0n) is 8.19. The van der Waals surface area contributed by atoms with E-state index in [1.165, 1.54) is 0 Å². The van der Waals surface area contributed by atoms with Gasteiger partial charge in [0.2, 0.25) is 0 Å². The van der Waals surface area contributed by atoms with Crippen molar-refractivity contribution >= 4 is 17.7 Å². The van der Waals surface area contributed by atoms with E-state index in [-0.39, 0.29) is 5.75 Å². The summed E-state index contributed by atoms with van der Waals surface area (Å²) in [5, 5.41) is 18.8. The van der Waals surface area contributed by atoms with Crippen LogP contribution in [0.1, 0.15) is 19.7 Å². The Morgan fingerprint density at radius 2 is 2.21 bits per heavy atom. The second-order valence-corrected chi connectivity index (χ2v) is 3.60. The second-order valence-electron chi connectivity index (χ2n) is 2.66. The van der Waals surface area contributed by atoms with Crippen LogP contribution in [0.4, 0.5) is 0 Å². The Bertz CT molecular complexity index is 324. The molecule has 0 atom stereocenters. The molecule has 14 heavy (non-hydrogen) atoms. The number of nitrogens with zero attached hydrogens (tertiary/aromatic N) is 3. The summed E-state index contributed by atoms with van der Waals surface area (Å²) in [4.78, 5) is 10.3. The molecule has 0 aliphatic carbocycles. The van der Waals surface area contributed by atoms with Crippen molar-refractivity contribution in [2.24, 2.45) is 0 Å². The zero-order chi connectivity index (χ0) is 10.6. The van der Waals surface area contributed by atoms with Crippen molar-refractivity contribution in [1.82, 2.24) is 14.8 Å². The van der Waals surface area contributed by atoms with E-state index in [1.54, 1.807) is 0 Å². The molecule has 0 spiro atoms. The lowest BCUT2D eigenvalue weighted by Gasteiger charge is -2.05. The summed E-state index contributed by atoms with van der Waals surface area (Å²) in [7, 11) is 0. The molecule has 0 saturated carbocycles. The van der Waals surface area contributed by atoms with Crippen molar-refractivity contribution in [3.8, 4) is 0 Å². The third-order valence-electron chi connectivity index (χ3n) is 1.75. The molecule has 0 bridgehead atoms. The highest BCUT2D eigenvalue weighted by molar-refractivity contribution is 7.99. The molecular formula is C8H12N3O2S-. The number of thioether (sulfide) groups is 1. The van der Waals surface area contributed by atoms with Crippen LogP contribution in [-0.2, 0) is 17.8 Å². The van der Waals surface area contributed by atoms with E-state index in [9.17, 15) is 9.90 Å². The lowest BCUT2D eigenvalue weighted by atomic mass is 10.4. The summed E-state index contributed by atoms with van der Waals surface area (Å²) in [5.74, 6) is -0.283. The Morgan fingerprint density at radius 1 is 1.50 bits per heavy atom. The predicted octanol–water partition coefficient (Wildman–Crippen LogP) is -0.298. The van der Waals surface area contributed by atoms with Crippen LogP contribution in [0.5, 0.6) is 0 Å². The van der Waals surface area contributed by atoms with Crippen molar-refractivity contribution in [3.63, 3.8) is 0 Å². The molecule has 0 fully saturated rings. The normalized spacial score (nSPS) is 10.4. The number of aliphatic carboxylic acids is 1. The highest BCUT2D eigenvalue weighted by Gasteiger charge is 2.08. The summed E-state index contributed by atoms with van der Waals surface area (Å²) >= 11 is 1.14. The van der Waals surface area contributed by atoms with Crippen molar-refractivity contribution in [3.05, 3.63) is 5.82 Å². The van der Waals surface area contributed by atoms with Gasteiger partial charge in [-0.25, -0.2) is 0 Å². The van der Waals surface area contributed by atoms with Gasteiger partial charge in [0.25, 0.3) is 0 Å². The van der Waals surface area contributed by atoms with Crippen molar-refractivity contribution < 1.29 is 9.90 Å². The number of carbonyl (C=O) groups excluding carboxylic acids is 1. The smallest absolute Gasteiger partial charge is 0.191 e.